The first kappa shape index (κ1) is 14.6. The lowest BCUT2D eigenvalue weighted by Crippen LogP contribution is -2.25. The topological polar surface area (TPSA) is 38.3 Å². The van der Waals surface area contributed by atoms with Crippen molar-refractivity contribution in [3.05, 3.63) is 29.8 Å². The highest BCUT2D eigenvalue weighted by molar-refractivity contribution is 5.71. The fourth-order valence-electron chi connectivity index (χ4n) is 1.44. The number of esters is 1. The predicted molar refractivity (Wildman–Crippen MR) is 74.5 cm³/mol. The number of carbonyl (C=O) groups excluding carboxylic acids is 1. The van der Waals surface area contributed by atoms with Crippen molar-refractivity contribution in [2.24, 2.45) is 5.92 Å². The van der Waals surface area contributed by atoms with Crippen LogP contribution in [0.1, 0.15) is 40.2 Å². The third kappa shape index (κ3) is 5.21. The van der Waals surface area contributed by atoms with Crippen LogP contribution < -0.4 is 5.32 Å². The number of anilines is 1. The lowest BCUT2D eigenvalue weighted by Gasteiger charge is -2.22. The lowest BCUT2D eigenvalue weighted by molar-refractivity contribution is -0.148. The number of hydrogen-bond donors (Lipinski definition) is 1. The van der Waals surface area contributed by atoms with Crippen LogP contribution >= 0.6 is 0 Å². The van der Waals surface area contributed by atoms with Crippen molar-refractivity contribution in [1.82, 2.24) is 0 Å². The van der Waals surface area contributed by atoms with Gasteiger partial charge in [-0.05, 0) is 38.5 Å². The molecule has 0 aromatic heterocycles. The Labute approximate surface area is 110 Å². The smallest absolute Gasteiger partial charge is 0.308 e. The van der Waals surface area contributed by atoms with Crippen molar-refractivity contribution in [2.45, 2.75) is 46.8 Å². The van der Waals surface area contributed by atoms with Gasteiger partial charge < -0.3 is 10.1 Å². The van der Waals surface area contributed by atoms with Gasteiger partial charge in [-0.15, -0.1) is 0 Å². The van der Waals surface area contributed by atoms with Crippen molar-refractivity contribution in [2.75, 3.05) is 5.32 Å². The Bertz CT molecular complexity index is 388. The molecule has 3 heteroatoms. The lowest BCUT2D eigenvalue weighted by atomic mass is 10.1. The standard InChI is InChI=1S/C15H23NO2/c1-11(2)14(17)18-10-12-6-8-13(9-7-12)16-15(3,4)5/h6-9,11,16H,10H2,1-5H3. The summed E-state index contributed by atoms with van der Waals surface area (Å²) in [4.78, 5) is 11.3. The Morgan fingerprint density at radius 2 is 1.78 bits per heavy atom. The molecule has 0 heterocycles. The maximum atomic E-state index is 11.3. The van der Waals surface area contributed by atoms with Gasteiger partial charge in [-0.25, -0.2) is 0 Å². The first-order valence-corrected chi connectivity index (χ1v) is 6.32. The number of rotatable bonds is 4. The fourth-order valence-corrected chi connectivity index (χ4v) is 1.44. The van der Waals surface area contributed by atoms with E-state index in [1.165, 1.54) is 0 Å². The van der Waals surface area contributed by atoms with Gasteiger partial charge in [-0.3, -0.25) is 4.79 Å². The quantitative estimate of drug-likeness (QED) is 0.829. The summed E-state index contributed by atoms with van der Waals surface area (Å²) in [6, 6.07) is 7.96. The molecule has 0 atom stereocenters. The van der Waals surface area contributed by atoms with Crippen molar-refractivity contribution in [1.29, 1.82) is 0 Å². The number of benzene rings is 1. The average Bonchev–Trinajstić information content (AvgIpc) is 2.25. The van der Waals surface area contributed by atoms with Crippen LogP contribution in [0, 0.1) is 5.92 Å². The second kappa shape index (κ2) is 5.89. The van der Waals surface area contributed by atoms with Crippen molar-refractivity contribution >= 4 is 11.7 Å². The van der Waals surface area contributed by atoms with E-state index in [0.29, 0.717) is 6.61 Å². The molecular weight excluding hydrogens is 226 g/mol. The minimum absolute atomic E-state index is 0.0472. The highest BCUT2D eigenvalue weighted by Gasteiger charge is 2.10. The molecule has 1 aromatic carbocycles. The van der Waals surface area contributed by atoms with E-state index in [9.17, 15) is 4.79 Å². The van der Waals surface area contributed by atoms with Crippen molar-refractivity contribution in [3.8, 4) is 0 Å². The normalized spacial score (nSPS) is 11.4. The molecule has 0 aliphatic heterocycles. The first-order chi connectivity index (χ1) is 8.28. The highest BCUT2D eigenvalue weighted by atomic mass is 16.5. The molecule has 100 valence electrons. The molecule has 0 aliphatic carbocycles. The molecule has 0 bridgehead atoms. The Balaban J connectivity index is 2.53. The third-order valence-corrected chi connectivity index (χ3v) is 2.33. The molecule has 0 aliphatic rings. The van der Waals surface area contributed by atoms with E-state index >= 15 is 0 Å². The van der Waals surface area contributed by atoms with Gasteiger partial charge in [-0.1, -0.05) is 26.0 Å². The van der Waals surface area contributed by atoms with E-state index in [1.807, 2.05) is 38.1 Å². The molecule has 0 saturated carbocycles. The Morgan fingerprint density at radius 3 is 2.22 bits per heavy atom. The van der Waals surface area contributed by atoms with Crippen molar-refractivity contribution in [3.63, 3.8) is 0 Å². The zero-order chi connectivity index (χ0) is 13.8. The molecule has 0 fully saturated rings. The summed E-state index contributed by atoms with van der Waals surface area (Å²) in [5, 5.41) is 3.38. The summed E-state index contributed by atoms with van der Waals surface area (Å²) in [7, 11) is 0. The second-order valence-electron chi connectivity index (χ2n) is 5.83. The van der Waals surface area contributed by atoms with Gasteiger partial charge >= 0.3 is 5.97 Å². The molecule has 18 heavy (non-hydrogen) atoms. The van der Waals surface area contributed by atoms with Gasteiger partial charge in [0, 0.05) is 11.2 Å². The van der Waals surface area contributed by atoms with E-state index in [-0.39, 0.29) is 17.4 Å². The summed E-state index contributed by atoms with van der Waals surface area (Å²) in [5.41, 5.74) is 2.12. The Morgan fingerprint density at radius 1 is 1.22 bits per heavy atom. The van der Waals surface area contributed by atoms with Crippen LogP contribution in [-0.2, 0) is 16.1 Å². The minimum Gasteiger partial charge on any atom is -0.461 e. The molecule has 0 radical (unpaired) electrons. The van der Waals surface area contributed by atoms with Crippen LogP contribution in [0.5, 0.6) is 0 Å². The molecule has 3 nitrogen and oxygen atoms in total. The Kier molecular flexibility index (Phi) is 4.76. The number of nitrogens with one attached hydrogen (secondary N) is 1. The zero-order valence-corrected chi connectivity index (χ0v) is 11.9. The molecule has 0 unspecified atom stereocenters. The summed E-state index contributed by atoms with van der Waals surface area (Å²) in [5.74, 6) is -0.237. The average molecular weight is 249 g/mol. The minimum atomic E-state index is -0.160. The van der Waals surface area contributed by atoms with Gasteiger partial charge in [0.05, 0.1) is 5.92 Å². The largest absolute Gasteiger partial charge is 0.461 e. The van der Waals surface area contributed by atoms with E-state index in [2.05, 4.69) is 26.1 Å². The number of hydrogen-bond acceptors (Lipinski definition) is 3. The SMILES string of the molecule is CC(C)C(=O)OCc1ccc(NC(C)(C)C)cc1. The van der Waals surface area contributed by atoms with Crippen LogP contribution in [0.4, 0.5) is 5.69 Å². The third-order valence-electron chi connectivity index (χ3n) is 2.33. The van der Waals surface area contributed by atoms with Gasteiger partial charge in [0.1, 0.15) is 6.61 Å². The maximum absolute atomic E-state index is 11.3. The van der Waals surface area contributed by atoms with Crippen molar-refractivity contribution < 1.29 is 9.53 Å². The molecular formula is C15H23NO2. The monoisotopic (exact) mass is 249 g/mol. The fraction of sp³-hybridized carbons (Fsp3) is 0.533. The van der Waals surface area contributed by atoms with Crippen LogP contribution in [0.15, 0.2) is 24.3 Å². The van der Waals surface area contributed by atoms with E-state index < -0.39 is 0 Å². The first-order valence-electron chi connectivity index (χ1n) is 6.32. The summed E-state index contributed by atoms with van der Waals surface area (Å²) in [6.45, 7) is 10.4. The summed E-state index contributed by atoms with van der Waals surface area (Å²) in [6.07, 6.45) is 0. The molecule has 0 saturated heterocycles. The van der Waals surface area contributed by atoms with Crippen LogP contribution in [0.3, 0.4) is 0 Å². The molecule has 1 N–H and O–H groups in total. The van der Waals surface area contributed by atoms with Gasteiger partial charge in [0.25, 0.3) is 0 Å². The molecule has 1 aromatic rings. The number of carbonyl (C=O) groups is 1. The second-order valence-corrected chi connectivity index (χ2v) is 5.83. The maximum Gasteiger partial charge on any atom is 0.308 e. The summed E-state index contributed by atoms with van der Waals surface area (Å²) < 4.78 is 5.17. The van der Waals surface area contributed by atoms with E-state index in [4.69, 9.17) is 4.74 Å². The Hall–Kier alpha value is -1.51. The van der Waals surface area contributed by atoms with E-state index in [1.54, 1.807) is 0 Å². The predicted octanol–water partition coefficient (Wildman–Crippen LogP) is 3.60. The van der Waals surface area contributed by atoms with Gasteiger partial charge in [0.2, 0.25) is 0 Å². The molecule has 0 spiro atoms. The van der Waals surface area contributed by atoms with Crippen LogP contribution in [0.25, 0.3) is 0 Å². The van der Waals surface area contributed by atoms with Crippen LogP contribution in [0.2, 0.25) is 0 Å². The van der Waals surface area contributed by atoms with Crippen LogP contribution in [-0.4, -0.2) is 11.5 Å². The van der Waals surface area contributed by atoms with E-state index in [0.717, 1.165) is 11.3 Å². The number of ether oxygens (including phenoxy) is 1. The summed E-state index contributed by atoms with van der Waals surface area (Å²) >= 11 is 0. The highest BCUT2D eigenvalue weighted by Crippen LogP contribution is 2.16. The van der Waals surface area contributed by atoms with Gasteiger partial charge in [-0.2, -0.15) is 0 Å². The zero-order valence-electron chi connectivity index (χ0n) is 11.9. The van der Waals surface area contributed by atoms with Gasteiger partial charge in [0.15, 0.2) is 0 Å². The molecule has 0 amide bonds. The molecule has 1 rings (SSSR count).